The van der Waals surface area contributed by atoms with Crippen LogP contribution in [0.5, 0.6) is 11.5 Å². The molecule has 1 aliphatic heterocycles. The first-order valence-electron chi connectivity index (χ1n) is 7.43. The van der Waals surface area contributed by atoms with Gasteiger partial charge in [-0.25, -0.2) is 0 Å². The van der Waals surface area contributed by atoms with Crippen molar-refractivity contribution in [2.45, 2.75) is 24.9 Å². The van der Waals surface area contributed by atoms with Crippen LogP contribution in [-0.2, 0) is 0 Å². The number of fused-ring (bicyclic) bond motifs is 3. The fourth-order valence-corrected chi connectivity index (χ4v) is 3.78. The molecule has 1 saturated carbocycles. The Morgan fingerprint density at radius 3 is 2.57 bits per heavy atom. The highest BCUT2D eigenvalue weighted by molar-refractivity contribution is 5.43. The van der Waals surface area contributed by atoms with Crippen molar-refractivity contribution in [2.24, 2.45) is 5.92 Å². The fraction of sp³-hybridized carbons (Fsp3) is 0.263. The monoisotopic (exact) mass is 278 g/mol. The van der Waals surface area contributed by atoms with E-state index >= 15 is 0 Å². The van der Waals surface area contributed by atoms with Crippen LogP contribution in [0.15, 0.2) is 60.7 Å². The largest absolute Gasteiger partial charge is 0.508 e. The van der Waals surface area contributed by atoms with Gasteiger partial charge in [-0.05, 0) is 48.1 Å². The number of allylic oxidation sites excluding steroid dienone is 1. The SMILES string of the molecule is C=C1C[C@H]2[C@@H](C1)c1ccccc1O[C@H]2c1ccc(O)cc1. The average molecular weight is 278 g/mol. The van der Waals surface area contributed by atoms with E-state index in [1.807, 2.05) is 18.2 Å². The number of benzene rings is 2. The minimum Gasteiger partial charge on any atom is -0.508 e. The number of para-hydroxylation sites is 1. The number of phenols is 1. The summed E-state index contributed by atoms with van der Waals surface area (Å²) in [6.07, 6.45) is 2.12. The van der Waals surface area contributed by atoms with E-state index in [4.69, 9.17) is 4.74 Å². The van der Waals surface area contributed by atoms with Gasteiger partial charge in [0.25, 0.3) is 0 Å². The van der Waals surface area contributed by atoms with Gasteiger partial charge in [0.2, 0.25) is 0 Å². The Bertz CT molecular complexity index is 687. The molecule has 2 heteroatoms. The predicted molar refractivity (Wildman–Crippen MR) is 82.5 cm³/mol. The van der Waals surface area contributed by atoms with Gasteiger partial charge in [0.05, 0.1) is 0 Å². The molecule has 1 heterocycles. The Hall–Kier alpha value is -2.22. The van der Waals surface area contributed by atoms with Gasteiger partial charge >= 0.3 is 0 Å². The highest BCUT2D eigenvalue weighted by atomic mass is 16.5. The average Bonchev–Trinajstić information content (AvgIpc) is 2.89. The maximum absolute atomic E-state index is 9.49. The number of ether oxygens (including phenoxy) is 1. The molecule has 4 rings (SSSR count). The van der Waals surface area contributed by atoms with Gasteiger partial charge in [-0.1, -0.05) is 42.5 Å². The Morgan fingerprint density at radius 1 is 1.00 bits per heavy atom. The van der Waals surface area contributed by atoms with E-state index in [1.165, 1.54) is 11.1 Å². The third kappa shape index (κ3) is 2.02. The number of hydrogen-bond acceptors (Lipinski definition) is 2. The molecule has 0 radical (unpaired) electrons. The zero-order valence-corrected chi connectivity index (χ0v) is 11.8. The Kier molecular flexibility index (Phi) is 2.78. The third-order valence-corrected chi connectivity index (χ3v) is 4.73. The van der Waals surface area contributed by atoms with E-state index in [0.29, 0.717) is 17.6 Å². The molecular formula is C19H18O2. The van der Waals surface area contributed by atoms with E-state index in [0.717, 1.165) is 24.2 Å². The van der Waals surface area contributed by atoms with Crippen LogP contribution in [0.3, 0.4) is 0 Å². The van der Waals surface area contributed by atoms with Crippen molar-refractivity contribution in [3.63, 3.8) is 0 Å². The van der Waals surface area contributed by atoms with Crippen LogP contribution in [0.2, 0.25) is 0 Å². The molecule has 21 heavy (non-hydrogen) atoms. The Morgan fingerprint density at radius 2 is 1.76 bits per heavy atom. The topological polar surface area (TPSA) is 29.5 Å². The van der Waals surface area contributed by atoms with Crippen molar-refractivity contribution < 1.29 is 9.84 Å². The highest BCUT2D eigenvalue weighted by Gasteiger charge is 2.42. The van der Waals surface area contributed by atoms with Gasteiger partial charge in [-0.15, -0.1) is 0 Å². The summed E-state index contributed by atoms with van der Waals surface area (Å²) in [6, 6.07) is 15.7. The zero-order valence-electron chi connectivity index (χ0n) is 11.8. The van der Waals surface area contributed by atoms with Crippen molar-refractivity contribution in [3.05, 3.63) is 71.8 Å². The molecule has 1 fully saturated rings. The van der Waals surface area contributed by atoms with Crippen LogP contribution < -0.4 is 4.74 Å². The molecule has 2 aliphatic rings. The van der Waals surface area contributed by atoms with E-state index in [1.54, 1.807) is 12.1 Å². The minimum atomic E-state index is 0.0461. The molecule has 3 atom stereocenters. The Labute approximate surface area is 124 Å². The van der Waals surface area contributed by atoms with Gasteiger partial charge in [0.15, 0.2) is 0 Å². The molecule has 2 aromatic carbocycles. The third-order valence-electron chi connectivity index (χ3n) is 4.73. The summed E-state index contributed by atoms with van der Waals surface area (Å²) >= 11 is 0. The smallest absolute Gasteiger partial charge is 0.127 e. The van der Waals surface area contributed by atoms with Crippen LogP contribution in [0.1, 0.15) is 36.0 Å². The quantitative estimate of drug-likeness (QED) is 0.774. The van der Waals surface area contributed by atoms with E-state index in [-0.39, 0.29) is 6.10 Å². The van der Waals surface area contributed by atoms with Gasteiger partial charge in [0.1, 0.15) is 17.6 Å². The molecule has 2 nitrogen and oxygen atoms in total. The van der Waals surface area contributed by atoms with Gasteiger partial charge in [-0.2, -0.15) is 0 Å². The maximum atomic E-state index is 9.49. The van der Waals surface area contributed by atoms with Crippen LogP contribution >= 0.6 is 0 Å². The second kappa shape index (κ2) is 4.66. The van der Waals surface area contributed by atoms with Crippen molar-refractivity contribution in [2.75, 3.05) is 0 Å². The summed E-state index contributed by atoms with van der Waals surface area (Å²) in [5.41, 5.74) is 3.76. The molecule has 1 aliphatic carbocycles. The lowest BCUT2D eigenvalue weighted by atomic mass is 9.80. The molecule has 2 aromatic rings. The summed E-state index contributed by atoms with van der Waals surface area (Å²) in [6.45, 7) is 4.20. The summed E-state index contributed by atoms with van der Waals surface area (Å²) < 4.78 is 6.30. The van der Waals surface area contributed by atoms with E-state index < -0.39 is 0 Å². The normalized spacial score (nSPS) is 26.9. The summed E-state index contributed by atoms with van der Waals surface area (Å²) in [7, 11) is 0. The van der Waals surface area contributed by atoms with Gasteiger partial charge < -0.3 is 9.84 Å². The molecule has 0 aromatic heterocycles. The van der Waals surface area contributed by atoms with E-state index in [2.05, 4.69) is 24.8 Å². The van der Waals surface area contributed by atoms with Crippen molar-refractivity contribution in [3.8, 4) is 11.5 Å². The summed E-state index contributed by atoms with van der Waals surface area (Å²) in [5.74, 6) is 2.23. The minimum absolute atomic E-state index is 0.0461. The van der Waals surface area contributed by atoms with E-state index in [9.17, 15) is 5.11 Å². The highest BCUT2D eigenvalue weighted by Crippen LogP contribution is 2.54. The van der Waals surface area contributed by atoms with Crippen LogP contribution in [0.4, 0.5) is 0 Å². The van der Waals surface area contributed by atoms with Gasteiger partial charge in [0, 0.05) is 5.92 Å². The first kappa shape index (κ1) is 12.5. The molecule has 0 amide bonds. The zero-order chi connectivity index (χ0) is 14.4. The molecule has 1 N–H and O–H groups in total. The Balaban J connectivity index is 1.79. The lowest BCUT2D eigenvalue weighted by molar-refractivity contribution is 0.105. The lowest BCUT2D eigenvalue weighted by Crippen LogP contribution is -2.26. The lowest BCUT2D eigenvalue weighted by Gasteiger charge is -2.36. The first-order chi connectivity index (χ1) is 10.2. The standard InChI is InChI=1S/C19H18O2/c1-12-10-16-15-4-2-3-5-18(15)21-19(17(16)11-12)13-6-8-14(20)9-7-13/h2-9,16-17,19-20H,1,10-11H2/t16-,17-,19-/m0/s1. The van der Waals surface area contributed by atoms with Gasteiger partial charge in [-0.3, -0.25) is 0 Å². The summed E-state index contributed by atoms with van der Waals surface area (Å²) in [5, 5.41) is 9.49. The first-order valence-corrected chi connectivity index (χ1v) is 7.43. The maximum Gasteiger partial charge on any atom is 0.127 e. The van der Waals surface area contributed by atoms with Crippen molar-refractivity contribution >= 4 is 0 Å². The molecule has 0 unspecified atom stereocenters. The number of rotatable bonds is 1. The number of phenolic OH excluding ortho intramolecular Hbond substituents is 1. The second-order valence-electron chi connectivity index (χ2n) is 6.10. The number of aromatic hydroxyl groups is 1. The molecule has 0 saturated heterocycles. The molecule has 0 bridgehead atoms. The summed E-state index contributed by atoms with van der Waals surface area (Å²) in [4.78, 5) is 0. The van der Waals surface area contributed by atoms with Crippen molar-refractivity contribution in [1.29, 1.82) is 0 Å². The van der Waals surface area contributed by atoms with Crippen LogP contribution in [0.25, 0.3) is 0 Å². The molecular weight excluding hydrogens is 260 g/mol. The molecule has 106 valence electrons. The van der Waals surface area contributed by atoms with Crippen LogP contribution in [-0.4, -0.2) is 5.11 Å². The van der Waals surface area contributed by atoms with Crippen LogP contribution in [0, 0.1) is 5.92 Å². The molecule has 0 spiro atoms. The van der Waals surface area contributed by atoms with Crippen molar-refractivity contribution in [1.82, 2.24) is 0 Å². The fourth-order valence-electron chi connectivity index (χ4n) is 3.78. The number of hydrogen-bond donors (Lipinski definition) is 1. The predicted octanol–water partition coefficient (Wildman–Crippen LogP) is 4.58. The second-order valence-corrected chi connectivity index (χ2v) is 6.10.